The van der Waals surface area contributed by atoms with Crippen molar-refractivity contribution in [2.45, 2.75) is 39.2 Å². The first-order chi connectivity index (χ1) is 7.13. The van der Waals surface area contributed by atoms with Gasteiger partial charge in [-0.15, -0.1) is 0 Å². The van der Waals surface area contributed by atoms with Gasteiger partial charge in [0, 0.05) is 13.7 Å². The summed E-state index contributed by atoms with van der Waals surface area (Å²) in [6, 6.07) is -0.197. The van der Waals surface area contributed by atoms with Crippen LogP contribution in [0, 0.1) is 0 Å². The van der Waals surface area contributed by atoms with Gasteiger partial charge in [0.2, 0.25) is 5.91 Å². The summed E-state index contributed by atoms with van der Waals surface area (Å²) in [7, 11) is 1.67. The van der Waals surface area contributed by atoms with E-state index in [1.807, 2.05) is 6.92 Å². The summed E-state index contributed by atoms with van der Waals surface area (Å²) >= 11 is 0. The van der Waals surface area contributed by atoms with E-state index in [9.17, 15) is 4.79 Å². The van der Waals surface area contributed by atoms with Gasteiger partial charge < -0.3 is 10.5 Å². The van der Waals surface area contributed by atoms with Crippen LogP contribution in [0.15, 0.2) is 0 Å². The maximum Gasteiger partial charge on any atom is 0.234 e. The van der Waals surface area contributed by atoms with E-state index in [1.165, 1.54) is 12.8 Å². The molecule has 0 aromatic carbocycles. The monoisotopic (exact) mass is 216 g/mol. The highest BCUT2D eigenvalue weighted by molar-refractivity contribution is 5.79. The highest BCUT2D eigenvalue weighted by Gasteiger charge is 2.17. The van der Waals surface area contributed by atoms with Gasteiger partial charge in [-0.1, -0.05) is 19.8 Å². The second kappa shape index (κ2) is 8.68. The fourth-order valence-electron chi connectivity index (χ4n) is 1.45. The van der Waals surface area contributed by atoms with E-state index in [4.69, 9.17) is 10.5 Å². The van der Waals surface area contributed by atoms with Crippen molar-refractivity contribution in [3.8, 4) is 0 Å². The van der Waals surface area contributed by atoms with Gasteiger partial charge in [0.1, 0.15) is 0 Å². The predicted octanol–water partition coefficient (Wildman–Crippen LogP) is 0.999. The number of methoxy groups -OCH3 is 1. The summed E-state index contributed by atoms with van der Waals surface area (Å²) in [5.41, 5.74) is 5.29. The van der Waals surface area contributed by atoms with Crippen molar-refractivity contribution in [2.75, 3.05) is 26.8 Å². The van der Waals surface area contributed by atoms with Gasteiger partial charge in [0.05, 0.1) is 12.6 Å². The van der Waals surface area contributed by atoms with Crippen molar-refractivity contribution in [1.29, 1.82) is 0 Å². The molecular formula is C11H24N2O2. The number of hydrogen-bond donors (Lipinski definition) is 1. The molecule has 0 aliphatic carbocycles. The molecule has 4 nitrogen and oxygen atoms in total. The number of nitrogens with zero attached hydrogens (tertiary/aromatic N) is 1. The summed E-state index contributed by atoms with van der Waals surface area (Å²) in [6.07, 6.45) is 3.48. The molecular weight excluding hydrogens is 192 g/mol. The molecule has 90 valence electrons. The number of rotatable bonds is 9. The third-order valence-electron chi connectivity index (χ3n) is 2.59. The maximum absolute atomic E-state index is 11.1. The maximum atomic E-state index is 11.1. The number of unbranched alkanes of at least 4 members (excludes halogenated alkanes) is 2. The van der Waals surface area contributed by atoms with Gasteiger partial charge in [-0.25, -0.2) is 0 Å². The molecule has 1 unspecified atom stereocenters. The minimum atomic E-state index is -0.261. The lowest BCUT2D eigenvalue weighted by Gasteiger charge is -2.26. The van der Waals surface area contributed by atoms with E-state index in [0.29, 0.717) is 6.61 Å². The Bertz CT molecular complexity index is 174. The van der Waals surface area contributed by atoms with Crippen LogP contribution in [-0.4, -0.2) is 43.7 Å². The fraction of sp³-hybridized carbons (Fsp3) is 0.909. The lowest BCUT2D eigenvalue weighted by Crippen LogP contribution is -2.44. The van der Waals surface area contributed by atoms with Crippen LogP contribution in [0.4, 0.5) is 0 Å². The van der Waals surface area contributed by atoms with E-state index >= 15 is 0 Å². The summed E-state index contributed by atoms with van der Waals surface area (Å²) in [5, 5.41) is 0. The summed E-state index contributed by atoms with van der Waals surface area (Å²) in [4.78, 5) is 13.2. The van der Waals surface area contributed by atoms with Crippen LogP contribution in [0.2, 0.25) is 0 Å². The van der Waals surface area contributed by atoms with Crippen molar-refractivity contribution in [2.24, 2.45) is 5.73 Å². The number of ether oxygens (including phenoxy) is 1. The third kappa shape index (κ3) is 6.47. The van der Waals surface area contributed by atoms with Crippen LogP contribution >= 0.6 is 0 Å². The normalized spacial score (nSPS) is 13.1. The molecule has 0 aromatic heterocycles. The third-order valence-corrected chi connectivity index (χ3v) is 2.59. The molecule has 2 N–H and O–H groups in total. The number of hydrogen-bond acceptors (Lipinski definition) is 3. The molecule has 0 aromatic rings. The first-order valence-corrected chi connectivity index (χ1v) is 5.65. The fourth-order valence-corrected chi connectivity index (χ4v) is 1.45. The molecule has 0 aliphatic rings. The Labute approximate surface area is 92.8 Å². The molecule has 4 heteroatoms. The van der Waals surface area contributed by atoms with E-state index < -0.39 is 0 Å². The van der Waals surface area contributed by atoms with E-state index in [2.05, 4.69) is 11.8 Å². The minimum Gasteiger partial charge on any atom is -0.383 e. The quantitative estimate of drug-likeness (QED) is 0.585. The number of amides is 1. The topological polar surface area (TPSA) is 55.6 Å². The molecule has 1 atom stereocenters. The van der Waals surface area contributed by atoms with Gasteiger partial charge in [0.15, 0.2) is 0 Å². The Morgan fingerprint density at radius 1 is 1.40 bits per heavy atom. The molecule has 1 amide bonds. The van der Waals surface area contributed by atoms with Crippen molar-refractivity contribution < 1.29 is 9.53 Å². The van der Waals surface area contributed by atoms with Gasteiger partial charge in [-0.05, 0) is 19.9 Å². The van der Waals surface area contributed by atoms with E-state index in [-0.39, 0.29) is 11.9 Å². The minimum absolute atomic E-state index is 0.197. The van der Waals surface area contributed by atoms with Crippen LogP contribution in [0.25, 0.3) is 0 Å². The molecule has 0 saturated heterocycles. The summed E-state index contributed by atoms with van der Waals surface area (Å²) < 4.78 is 5.01. The molecule has 0 radical (unpaired) electrons. The van der Waals surface area contributed by atoms with E-state index in [0.717, 1.165) is 19.5 Å². The smallest absolute Gasteiger partial charge is 0.234 e. The molecule has 0 heterocycles. The number of carbonyl (C=O) groups is 1. The zero-order valence-corrected chi connectivity index (χ0v) is 10.2. The second-order valence-corrected chi connectivity index (χ2v) is 3.81. The molecule has 0 fully saturated rings. The lowest BCUT2D eigenvalue weighted by atomic mass is 10.2. The first kappa shape index (κ1) is 14.4. The largest absolute Gasteiger partial charge is 0.383 e. The van der Waals surface area contributed by atoms with E-state index in [1.54, 1.807) is 7.11 Å². The predicted molar refractivity (Wildman–Crippen MR) is 61.6 cm³/mol. The average Bonchev–Trinajstić information content (AvgIpc) is 2.22. The van der Waals surface area contributed by atoms with Crippen LogP contribution in [0.3, 0.4) is 0 Å². The lowest BCUT2D eigenvalue weighted by molar-refractivity contribution is -0.122. The summed E-state index contributed by atoms with van der Waals surface area (Å²) in [6.45, 7) is 6.34. The van der Waals surface area contributed by atoms with Gasteiger partial charge in [0.25, 0.3) is 0 Å². The van der Waals surface area contributed by atoms with Gasteiger partial charge in [-0.2, -0.15) is 0 Å². The van der Waals surface area contributed by atoms with Gasteiger partial charge >= 0.3 is 0 Å². The van der Waals surface area contributed by atoms with Crippen LogP contribution in [-0.2, 0) is 9.53 Å². The van der Waals surface area contributed by atoms with Crippen molar-refractivity contribution in [3.05, 3.63) is 0 Å². The Morgan fingerprint density at radius 3 is 2.53 bits per heavy atom. The Kier molecular flexibility index (Phi) is 8.33. The molecule has 15 heavy (non-hydrogen) atoms. The Morgan fingerprint density at radius 2 is 2.07 bits per heavy atom. The Balaban J connectivity index is 3.99. The Hall–Kier alpha value is -0.610. The highest BCUT2D eigenvalue weighted by Crippen LogP contribution is 2.03. The molecule has 0 saturated carbocycles. The standard InChI is InChI=1S/C11H24N2O2/c1-4-5-6-7-13(8-9-15-3)10(2)11(12)14/h10H,4-9H2,1-3H3,(H2,12,14). The van der Waals surface area contributed by atoms with Crippen LogP contribution in [0.5, 0.6) is 0 Å². The van der Waals surface area contributed by atoms with Crippen LogP contribution in [0.1, 0.15) is 33.1 Å². The number of primary amides is 1. The zero-order chi connectivity index (χ0) is 11.7. The van der Waals surface area contributed by atoms with Crippen LogP contribution < -0.4 is 5.73 Å². The number of nitrogens with two attached hydrogens (primary N) is 1. The number of carbonyl (C=O) groups excluding carboxylic acids is 1. The molecule has 0 spiro atoms. The summed E-state index contributed by atoms with van der Waals surface area (Å²) in [5.74, 6) is -0.261. The molecule has 0 rings (SSSR count). The van der Waals surface area contributed by atoms with Crippen molar-refractivity contribution in [3.63, 3.8) is 0 Å². The van der Waals surface area contributed by atoms with Gasteiger partial charge in [-0.3, -0.25) is 9.69 Å². The molecule has 0 aliphatic heterocycles. The highest BCUT2D eigenvalue weighted by atomic mass is 16.5. The van der Waals surface area contributed by atoms with Crippen molar-refractivity contribution in [1.82, 2.24) is 4.90 Å². The first-order valence-electron chi connectivity index (χ1n) is 5.65. The van der Waals surface area contributed by atoms with Crippen molar-refractivity contribution >= 4 is 5.91 Å². The molecule has 0 bridgehead atoms. The second-order valence-electron chi connectivity index (χ2n) is 3.81. The SMILES string of the molecule is CCCCCN(CCOC)C(C)C(N)=O. The average molecular weight is 216 g/mol. The zero-order valence-electron chi connectivity index (χ0n) is 10.2.